The fraction of sp³-hybridized carbons (Fsp3) is 0.250. The number of carboxylic acid groups (broad SMARTS) is 1. The second kappa shape index (κ2) is 5.86. The van der Waals surface area contributed by atoms with Gasteiger partial charge in [0.25, 0.3) is 0 Å². The highest BCUT2D eigenvalue weighted by molar-refractivity contribution is 5.67. The van der Waals surface area contributed by atoms with Crippen LogP contribution in [0, 0.1) is 0 Å². The molecule has 0 saturated heterocycles. The van der Waals surface area contributed by atoms with Crippen LogP contribution in [0.15, 0.2) is 36.5 Å². The molecule has 0 spiro atoms. The molecule has 1 atom stereocenters. The molecule has 0 aliphatic heterocycles. The largest absolute Gasteiger partial charge is 0.481 e. The smallest absolute Gasteiger partial charge is 0.305 e. The molecule has 3 heteroatoms. The molecule has 0 amide bonds. The highest BCUT2D eigenvalue weighted by Gasteiger charge is 2.03. The molecule has 0 aliphatic rings. The third-order valence-electron chi connectivity index (χ3n) is 1.94. The summed E-state index contributed by atoms with van der Waals surface area (Å²) in [4.78, 5) is 10.4. The lowest BCUT2D eigenvalue weighted by Gasteiger charge is -2.07. The zero-order valence-electron chi connectivity index (χ0n) is 8.68. The average molecular weight is 205 g/mol. The summed E-state index contributed by atoms with van der Waals surface area (Å²) in [5, 5.41) is 11.5. The summed E-state index contributed by atoms with van der Waals surface area (Å²) >= 11 is 0. The highest BCUT2D eigenvalue weighted by Crippen LogP contribution is 2.00. The van der Waals surface area contributed by atoms with E-state index in [0.717, 1.165) is 5.56 Å². The lowest BCUT2D eigenvalue weighted by atomic mass is 10.2. The molecular weight excluding hydrogens is 190 g/mol. The molecule has 0 bridgehead atoms. The average Bonchev–Trinajstić information content (AvgIpc) is 2.18. The van der Waals surface area contributed by atoms with E-state index in [2.05, 4.69) is 5.32 Å². The molecule has 0 fully saturated rings. The minimum absolute atomic E-state index is 0.0533. The second-order valence-corrected chi connectivity index (χ2v) is 3.41. The Kier molecular flexibility index (Phi) is 4.41. The Bertz CT molecular complexity index is 333. The number of carbonyl (C=O) groups is 1. The molecular formula is C12H15NO2. The topological polar surface area (TPSA) is 49.3 Å². The van der Waals surface area contributed by atoms with Gasteiger partial charge < -0.3 is 10.4 Å². The van der Waals surface area contributed by atoms with Crippen molar-refractivity contribution in [2.75, 3.05) is 0 Å². The van der Waals surface area contributed by atoms with Gasteiger partial charge in [0.1, 0.15) is 0 Å². The predicted octanol–water partition coefficient (Wildman–Crippen LogP) is 2.11. The first-order valence-electron chi connectivity index (χ1n) is 4.88. The number of rotatable bonds is 5. The van der Waals surface area contributed by atoms with Crippen LogP contribution in [0.2, 0.25) is 0 Å². The Balaban J connectivity index is 2.37. The summed E-state index contributed by atoms with van der Waals surface area (Å²) in [7, 11) is 0. The normalized spacial score (nSPS) is 12.6. The van der Waals surface area contributed by atoms with Gasteiger partial charge in [-0.2, -0.15) is 0 Å². The first-order chi connectivity index (χ1) is 7.18. The van der Waals surface area contributed by atoms with Crippen molar-refractivity contribution >= 4 is 12.0 Å². The monoisotopic (exact) mass is 205 g/mol. The van der Waals surface area contributed by atoms with E-state index in [0.29, 0.717) is 0 Å². The van der Waals surface area contributed by atoms with Gasteiger partial charge in [-0.1, -0.05) is 30.3 Å². The third-order valence-corrected chi connectivity index (χ3v) is 1.94. The number of hydrogen-bond acceptors (Lipinski definition) is 2. The summed E-state index contributed by atoms with van der Waals surface area (Å²) in [5.74, 6) is -0.789. The maximum atomic E-state index is 10.4. The van der Waals surface area contributed by atoms with Crippen LogP contribution in [0.5, 0.6) is 0 Å². The standard InChI is InChI=1S/C12H15NO2/c1-10(9-12(14)15)13-8-7-11-5-3-2-4-6-11/h2-8,10,13H,9H2,1H3,(H,14,15)/t10-/m0/s1. The number of carboxylic acids is 1. The Morgan fingerprint density at radius 2 is 2.13 bits per heavy atom. The van der Waals surface area contributed by atoms with Gasteiger partial charge >= 0.3 is 5.97 Å². The van der Waals surface area contributed by atoms with Gasteiger partial charge in [-0.3, -0.25) is 4.79 Å². The predicted molar refractivity (Wildman–Crippen MR) is 60.3 cm³/mol. The van der Waals surface area contributed by atoms with E-state index >= 15 is 0 Å². The van der Waals surface area contributed by atoms with Gasteiger partial charge in [-0.05, 0) is 24.8 Å². The molecule has 1 aromatic carbocycles. The van der Waals surface area contributed by atoms with E-state index < -0.39 is 5.97 Å². The van der Waals surface area contributed by atoms with Crippen LogP contribution in [0.3, 0.4) is 0 Å². The Hall–Kier alpha value is -1.77. The van der Waals surface area contributed by atoms with Crippen molar-refractivity contribution in [2.45, 2.75) is 19.4 Å². The molecule has 0 saturated carbocycles. The van der Waals surface area contributed by atoms with E-state index in [-0.39, 0.29) is 12.5 Å². The molecule has 2 N–H and O–H groups in total. The minimum Gasteiger partial charge on any atom is -0.481 e. The van der Waals surface area contributed by atoms with E-state index in [1.807, 2.05) is 43.3 Å². The van der Waals surface area contributed by atoms with Gasteiger partial charge in [0.2, 0.25) is 0 Å². The van der Waals surface area contributed by atoms with E-state index in [9.17, 15) is 4.79 Å². The molecule has 0 radical (unpaired) electrons. The van der Waals surface area contributed by atoms with Gasteiger partial charge in [-0.15, -0.1) is 0 Å². The number of nitrogens with one attached hydrogen (secondary N) is 1. The number of hydrogen-bond donors (Lipinski definition) is 2. The molecule has 1 aromatic rings. The molecule has 80 valence electrons. The van der Waals surface area contributed by atoms with Crippen molar-refractivity contribution in [3.63, 3.8) is 0 Å². The van der Waals surface area contributed by atoms with Crippen LogP contribution in [-0.2, 0) is 4.79 Å². The lowest BCUT2D eigenvalue weighted by Crippen LogP contribution is -2.23. The molecule has 0 heterocycles. The molecule has 3 nitrogen and oxygen atoms in total. The molecule has 0 aromatic heterocycles. The molecule has 0 aliphatic carbocycles. The van der Waals surface area contributed by atoms with Crippen molar-refractivity contribution in [1.29, 1.82) is 0 Å². The molecule has 15 heavy (non-hydrogen) atoms. The molecule has 0 unspecified atom stereocenters. The Morgan fingerprint density at radius 3 is 2.73 bits per heavy atom. The maximum Gasteiger partial charge on any atom is 0.305 e. The van der Waals surface area contributed by atoms with Crippen LogP contribution in [0.4, 0.5) is 0 Å². The summed E-state index contributed by atoms with van der Waals surface area (Å²) in [5.41, 5.74) is 1.09. The zero-order valence-corrected chi connectivity index (χ0v) is 8.68. The first kappa shape index (κ1) is 11.3. The van der Waals surface area contributed by atoms with Gasteiger partial charge in [-0.25, -0.2) is 0 Å². The zero-order chi connectivity index (χ0) is 11.1. The minimum atomic E-state index is -0.789. The van der Waals surface area contributed by atoms with Crippen molar-refractivity contribution in [2.24, 2.45) is 0 Å². The first-order valence-corrected chi connectivity index (χ1v) is 4.88. The van der Waals surface area contributed by atoms with Crippen LogP contribution >= 0.6 is 0 Å². The fourth-order valence-corrected chi connectivity index (χ4v) is 1.19. The van der Waals surface area contributed by atoms with Crippen molar-refractivity contribution in [3.8, 4) is 0 Å². The van der Waals surface area contributed by atoms with Crippen LogP contribution in [0.1, 0.15) is 18.9 Å². The maximum absolute atomic E-state index is 10.4. The quantitative estimate of drug-likeness (QED) is 0.774. The summed E-state index contributed by atoms with van der Waals surface area (Å²) in [6.45, 7) is 1.84. The summed E-state index contributed by atoms with van der Waals surface area (Å²) < 4.78 is 0. The lowest BCUT2D eigenvalue weighted by molar-refractivity contribution is -0.137. The summed E-state index contributed by atoms with van der Waals surface area (Å²) in [6.07, 6.45) is 3.82. The Labute approximate surface area is 89.4 Å². The Morgan fingerprint density at radius 1 is 1.47 bits per heavy atom. The number of benzene rings is 1. The van der Waals surface area contributed by atoms with Crippen LogP contribution < -0.4 is 5.32 Å². The van der Waals surface area contributed by atoms with Crippen molar-refractivity contribution in [1.82, 2.24) is 5.32 Å². The van der Waals surface area contributed by atoms with Gasteiger partial charge in [0.15, 0.2) is 0 Å². The molecule has 1 rings (SSSR count). The SMILES string of the molecule is C[C@@H](CC(=O)O)NC=Cc1ccccc1. The second-order valence-electron chi connectivity index (χ2n) is 3.41. The van der Waals surface area contributed by atoms with Gasteiger partial charge in [0.05, 0.1) is 6.42 Å². The van der Waals surface area contributed by atoms with Crippen molar-refractivity contribution in [3.05, 3.63) is 42.1 Å². The van der Waals surface area contributed by atoms with E-state index in [4.69, 9.17) is 5.11 Å². The van der Waals surface area contributed by atoms with E-state index in [1.165, 1.54) is 0 Å². The summed E-state index contributed by atoms with van der Waals surface area (Å²) in [6, 6.07) is 9.79. The van der Waals surface area contributed by atoms with Crippen molar-refractivity contribution < 1.29 is 9.90 Å². The third kappa shape index (κ3) is 4.86. The van der Waals surface area contributed by atoms with Crippen LogP contribution in [0.25, 0.3) is 6.08 Å². The van der Waals surface area contributed by atoms with Gasteiger partial charge in [0, 0.05) is 6.04 Å². The van der Waals surface area contributed by atoms with E-state index in [1.54, 1.807) is 6.20 Å². The highest BCUT2D eigenvalue weighted by atomic mass is 16.4. The fourth-order valence-electron chi connectivity index (χ4n) is 1.19. The van der Waals surface area contributed by atoms with Crippen LogP contribution in [-0.4, -0.2) is 17.1 Å². The number of aliphatic carboxylic acids is 1.